The number of allylic oxidation sites excluding steroid dienone is 3. The molecular formula is C26H31N3O3S. The second kappa shape index (κ2) is 13.1. The van der Waals surface area contributed by atoms with Crippen LogP contribution in [0.1, 0.15) is 31.9 Å². The van der Waals surface area contributed by atoms with Gasteiger partial charge < -0.3 is 25.4 Å². The van der Waals surface area contributed by atoms with Gasteiger partial charge in [0.15, 0.2) is 5.11 Å². The van der Waals surface area contributed by atoms with E-state index in [-0.39, 0.29) is 5.91 Å². The molecule has 1 amide bonds. The van der Waals surface area contributed by atoms with Crippen LogP contribution in [0.25, 0.3) is 0 Å². The van der Waals surface area contributed by atoms with Crippen molar-refractivity contribution in [2.24, 2.45) is 0 Å². The highest BCUT2D eigenvalue weighted by molar-refractivity contribution is 7.80. The fourth-order valence-corrected chi connectivity index (χ4v) is 3.45. The predicted molar refractivity (Wildman–Crippen MR) is 139 cm³/mol. The lowest BCUT2D eigenvalue weighted by atomic mass is 9.92. The van der Waals surface area contributed by atoms with E-state index < -0.39 is 6.04 Å². The molecule has 1 aliphatic rings. The highest BCUT2D eigenvalue weighted by atomic mass is 32.1. The fraction of sp³-hybridized carbons (Fsp3) is 0.231. The molecule has 0 bridgehead atoms. The van der Waals surface area contributed by atoms with E-state index in [4.69, 9.17) is 21.7 Å². The summed E-state index contributed by atoms with van der Waals surface area (Å²) in [4.78, 5) is 13.3. The first-order valence-corrected chi connectivity index (χ1v) is 11.0. The van der Waals surface area contributed by atoms with Gasteiger partial charge in [-0.15, -0.1) is 6.58 Å². The number of nitrogens with one attached hydrogen (secondary N) is 3. The molecule has 33 heavy (non-hydrogen) atoms. The number of methoxy groups -OCH3 is 2. The van der Waals surface area contributed by atoms with Gasteiger partial charge in [-0.3, -0.25) is 4.79 Å². The summed E-state index contributed by atoms with van der Waals surface area (Å²) in [5, 5.41) is 9.67. The van der Waals surface area contributed by atoms with Gasteiger partial charge >= 0.3 is 0 Å². The molecule has 6 nitrogen and oxygen atoms in total. The number of carbonyl (C=O) groups is 1. The predicted octanol–water partition coefficient (Wildman–Crippen LogP) is 5.27. The summed E-state index contributed by atoms with van der Waals surface area (Å²) in [7, 11) is 3.18. The van der Waals surface area contributed by atoms with Crippen LogP contribution in [0.2, 0.25) is 0 Å². The average molecular weight is 466 g/mol. The number of hydrogen-bond acceptors (Lipinski definition) is 4. The molecule has 3 N–H and O–H groups in total. The molecule has 0 spiro atoms. The zero-order chi connectivity index (χ0) is 24.2. The Bertz CT molecular complexity index is 1030. The topological polar surface area (TPSA) is 71.6 Å². The first kappa shape index (κ1) is 25.7. The van der Waals surface area contributed by atoms with Crippen LogP contribution in [0.3, 0.4) is 0 Å². The number of anilines is 1. The minimum Gasteiger partial charge on any atom is -0.497 e. The van der Waals surface area contributed by atoms with Crippen molar-refractivity contribution in [2.75, 3.05) is 19.5 Å². The third kappa shape index (κ3) is 6.95. The van der Waals surface area contributed by atoms with Crippen LogP contribution in [0, 0.1) is 0 Å². The average Bonchev–Trinajstić information content (AvgIpc) is 2.84. The minimum atomic E-state index is -0.521. The fourth-order valence-electron chi connectivity index (χ4n) is 3.21. The van der Waals surface area contributed by atoms with Gasteiger partial charge in [0.2, 0.25) is 0 Å². The Hall–Kier alpha value is -3.58. The maximum Gasteiger partial charge on any atom is 0.255 e. The Morgan fingerprint density at radius 2 is 1.82 bits per heavy atom. The van der Waals surface area contributed by atoms with Gasteiger partial charge in [-0.2, -0.15) is 0 Å². The molecule has 0 aliphatic carbocycles. The van der Waals surface area contributed by atoms with E-state index in [0.29, 0.717) is 40.0 Å². The van der Waals surface area contributed by atoms with Crippen molar-refractivity contribution in [1.82, 2.24) is 10.6 Å². The molecule has 7 heteroatoms. The van der Waals surface area contributed by atoms with Crippen molar-refractivity contribution in [3.05, 3.63) is 90.2 Å². The molecule has 2 aromatic carbocycles. The Morgan fingerprint density at radius 3 is 2.39 bits per heavy atom. The summed E-state index contributed by atoms with van der Waals surface area (Å²) < 4.78 is 10.9. The lowest BCUT2D eigenvalue weighted by Gasteiger charge is -2.32. The van der Waals surface area contributed by atoms with E-state index in [1.807, 2.05) is 62.4 Å². The van der Waals surface area contributed by atoms with Gasteiger partial charge in [-0.25, -0.2) is 0 Å². The Kier molecular flexibility index (Phi) is 10.2. The van der Waals surface area contributed by atoms with Crippen LogP contribution < -0.4 is 25.4 Å². The summed E-state index contributed by atoms with van der Waals surface area (Å²) in [6.45, 7) is 7.80. The summed E-state index contributed by atoms with van der Waals surface area (Å²) in [5.41, 5.74) is 2.64. The smallest absolute Gasteiger partial charge is 0.255 e. The number of ether oxygens (including phenoxy) is 2. The molecule has 3 rings (SSSR count). The number of carbonyl (C=O) groups excluding carboxylic acids is 1. The van der Waals surface area contributed by atoms with Crippen molar-refractivity contribution >= 4 is 28.9 Å². The molecule has 0 radical (unpaired) electrons. The number of rotatable bonds is 7. The van der Waals surface area contributed by atoms with Crippen molar-refractivity contribution in [2.45, 2.75) is 26.3 Å². The minimum absolute atomic E-state index is 0.245. The lowest BCUT2D eigenvalue weighted by molar-refractivity contribution is -0.113. The zero-order valence-corrected chi connectivity index (χ0v) is 20.3. The van der Waals surface area contributed by atoms with E-state index in [1.165, 1.54) is 0 Å². The van der Waals surface area contributed by atoms with Crippen molar-refractivity contribution in [1.29, 1.82) is 0 Å². The van der Waals surface area contributed by atoms with Crippen molar-refractivity contribution < 1.29 is 14.3 Å². The Morgan fingerprint density at radius 1 is 1.12 bits per heavy atom. The molecule has 0 saturated carbocycles. The van der Waals surface area contributed by atoms with E-state index in [9.17, 15) is 4.79 Å². The zero-order valence-electron chi connectivity index (χ0n) is 19.5. The van der Waals surface area contributed by atoms with Crippen molar-refractivity contribution in [3.63, 3.8) is 0 Å². The second-order valence-corrected chi connectivity index (χ2v) is 7.42. The molecule has 0 saturated heterocycles. The third-order valence-corrected chi connectivity index (χ3v) is 5.08. The molecule has 1 heterocycles. The van der Waals surface area contributed by atoms with Crippen LogP contribution in [0.5, 0.6) is 11.5 Å². The first-order chi connectivity index (χ1) is 16.0. The molecule has 1 aliphatic heterocycles. The number of para-hydroxylation sites is 1. The highest BCUT2D eigenvalue weighted by Crippen LogP contribution is 2.36. The molecule has 0 fully saturated rings. The number of benzene rings is 2. The van der Waals surface area contributed by atoms with Crippen LogP contribution in [-0.4, -0.2) is 25.2 Å². The van der Waals surface area contributed by atoms with Gasteiger partial charge in [-0.1, -0.05) is 36.4 Å². The molecule has 174 valence electrons. The monoisotopic (exact) mass is 465 g/mol. The lowest BCUT2D eigenvalue weighted by Crippen LogP contribution is -2.46. The molecule has 2 aromatic rings. The van der Waals surface area contributed by atoms with E-state index >= 15 is 0 Å². The quantitative estimate of drug-likeness (QED) is 0.382. The summed E-state index contributed by atoms with van der Waals surface area (Å²) in [5.74, 6) is 1.03. The Labute approximate surface area is 201 Å². The number of amides is 1. The van der Waals surface area contributed by atoms with Crippen LogP contribution in [0.15, 0.2) is 84.6 Å². The molecular weight excluding hydrogens is 434 g/mol. The Balaban J connectivity index is 0.000000890. The van der Waals surface area contributed by atoms with Crippen LogP contribution in [-0.2, 0) is 4.79 Å². The van der Waals surface area contributed by atoms with Crippen molar-refractivity contribution in [3.8, 4) is 11.5 Å². The summed E-state index contributed by atoms with van der Waals surface area (Å²) in [6.07, 6.45) is 6.19. The SMILES string of the molecule is C/C=C\C.C=CCC1=C(C(=O)Nc2ccccc2)C(c2cc(OC)ccc2OC)NC(=S)N1. The van der Waals surface area contributed by atoms with Gasteiger partial charge in [-0.05, 0) is 56.4 Å². The maximum atomic E-state index is 13.3. The van der Waals surface area contributed by atoms with E-state index in [2.05, 4.69) is 22.5 Å². The van der Waals surface area contributed by atoms with Gasteiger partial charge in [0.25, 0.3) is 5.91 Å². The molecule has 1 unspecified atom stereocenters. The number of hydrogen-bond donors (Lipinski definition) is 3. The van der Waals surface area contributed by atoms with Gasteiger partial charge in [0.05, 0.1) is 25.8 Å². The largest absolute Gasteiger partial charge is 0.497 e. The van der Waals surface area contributed by atoms with Gasteiger partial charge in [0.1, 0.15) is 11.5 Å². The molecule has 1 atom stereocenters. The summed E-state index contributed by atoms with van der Waals surface area (Å²) >= 11 is 5.39. The second-order valence-electron chi connectivity index (χ2n) is 7.01. The van der Waals surface area contributed by atoms with Gasteiger partial charge in [0, 0.05) is 23.4 Å². The van der Waals surface area contributed by atoms with Crippen LogP contribution in [0.4, 0.5) is 5.69 Å². The highest BCUT2D eigenvalue weighted by Gasteiger charge is 2.33. The maximum absolute atomic E-state index is 13.3. The van der Waals surface area contributed by atoms with E-state index in [1.54, 1.807) is 32.4 Å². The standard InChI is InChI=1S/C22H23N3O3S.C4H8/c1-4-8-17-19(21(26)23-14-9-6-5-7-10-14)20(25-22(29)24-17)16-13-15(27-2)11-12-18(16)28-3;1-3-4-2/h4-7,9-13,20H,1,8H2,2-3H3,(H,23,26)(H2,24,25,29);3-4H,1-2H3/b;4-3-. The molecule has 0 aromatic heterocycles. The van der Waals surface area contributed by atoms with E-state index in [0.717, 1.165) is 5.56 Å². The summed E-state index contributed by atoms with van der Waals surface area (Å²) in [6, 6.07) is 14.2. The third-order valence-electron chi connectivity index (χ3n) is 4.86. The normalized spacial score (nSPS) is 15.0. The number of thiocarbonyl (C=S) groups is 1. The first-order valence-electron chi connectivity index (χ1n) is 10.6. The van der Waals surface area contributed by atoms with Crippen LogP contribution >= 0.6 is 12.2 Å².